The van der Waals surface area contributed by atoms with Crippen LogP contribution in [0, 0.1) is 0 Å². The third-order valence-electron chi connectivity index (χ3n) is 4.04. The van der Waals surface area contributed by atoms with Crippen LogP contribution in [0.1, 0.15) is 36.0 Å². The standard InChI is InChI=1S/C15H18N2OS/c16-10-15(6-1-2-7-15)17-14(18)12-3-4-13-11(9-12)5-8-19-13/h3-5,8-9H,1-2,6-7,10,16H2,(H,17,18). The largest absolute Gasteiger partial charge is 0.345 e. The van der Waals surface area contributed by atoms with Crippen molar-refractivity contribution >= 4 is 27.3 Å². The second-order valence-electron chi connectivity index (χ2n) is 5.32. The highest BCUT2D eigenvalue weighted by molar-refractivity contribution is 7.17. The first kappa shape index (κ1) is 12.6. The van der Waals surface area contributed by atoms with Crippen molar-refractivity contribution in [2.75, 3.05) is 6.54 Å². The van der Waals surface area contributed by atoms with E-state index >= 15 is 0 Å². The predicted molar refractivity (Wildman–Crippen MR) is 79.5 cm³/mol. The molecule has 1 aliphatic carbocycles. The van der Waals surface area contributed by atoms with Crippen LogP contribution in [-0.2, 0) is 0 Å². The molecule has 4 heteroatoms. The molecule has 19 heavy (non-hydrogen) atoms. The number of rotatable bonds is 3. The van der Waals surface area contributed by atoms with Gasteiger partial charge in [0.25, 0.3) is 5.91 Å². The van der Waals surface area contributed by atoms with Gasteiger partial charge >= 0.3 is 0 Å². The van der Waals surface area contributed by atoms with Gasteiger partial charge in [-0.15, -0.1) is 11.3 Å². The van der Waals surface area contributed by atoms with Crippen molar-refractivity contribution in [1.29, 1.82) is 0 Å². The molecule has 0 unspecified atom stereocenters. The van der Waals surface area contributed by atoms with Gasteiger partial charge in [0.1, 0.15) is 0 Å². The van der Waals surface area contributed by atoms with Crippen molar-refractivity contribution in [2.24, 2.45) is 5.73 Å². The summed E-state index contributed by atoms with van der Waals surface area (Å²) in [6, 6.07) is 7.91. The first-order valence-corrected chi connectivity index (χ1v) is 7.60. The summed E-state index contributed by atoms with van der Waals surface area (Å²) in [7, 11) is 0. The molecule has 0 aliphatic heterocycles. The molecule has 1 saturated carbocycles. The minimum atomic E-state index is -0.180. The second-order valence-corrected chi connectivity index (χ2v) is 6.27. The summed E-state index contributed by atoms with van der Waals surface area (Å²) in [6.07, 6.45) is 4.30. The Bertz CT molecular complexity index is 599. The van der Waals surface area contributed by atoms with Crippen molar-refractivity contribution in [1.82, 2.24) is 5.32 Å². The van der Waals surface area contributed by atoms with Crippen molar-refractivity contribution in [2.45, 2.75) is 31.2 Å². The van der Waals surface area contributed by atoms with Gasteiger partial charge in [-0.2, -0.15) is 0 Å². The van der Waals surface area contributed by atoms with E-state index in [1.807, 2.05) is 29.6 Å². The number of hydrogen-bond donors (Lipinski definition) is 2. The van der Waals surface area contributed by atoms with Crippen molar-refractivity contribution in [3.8, 4) is 0 Å². The monoisotopic (exact) mass is 274 g/mol. The maximum atomic E-state index is 12.4. The summed E-state index contributed by atoms with van der Waals surface area (Å²) < 4.78 is 1.21. The zero-order valence-electron chi connectivity index (χ0n) is 10.8. The van der Waals surface area contributed by atoms with Crippen LogP contribution in [-0.4, -0.2) is 18.0 Å². The molecule has 0 bridgehead atoms. The van der Waals surface area contributed by atoms with E-state index in [9.17, 15) is 4.79 Å². The van der Waals surface area contributed by atoms with E-state index in [0.717, 1.165) is 36.6 Å². The van der Waals surface area contributed by atoms with Crippen LogP contribution < -0.4 is 11.1 Å². The fourth-order valence-electron chi connectivity index (χ4n) is 2.85. The first-order valence-electron chi connectivity index (χ1n) is 6.72. The van der Waals surface area contributed by atoms with E-state index in [4.69, 9.17) is 5.73 Å². The molecular formula is C15H18N2OS. The molecule has 0 atom stereocenters. The predicted octanol–water partition coefficient (Wildman–Crippen LogP) is 2.90. The summed E-state index contributed by atoms with van der Waals surface area (Å²) in [5, 5.41) is 6.33. The second kappa shape index (κ2) is 4.94. The molecule has 1 fully saturated rings. The van der Waals surface area contributed by atoms with E-state index in [2.05, 4.69) is 5.32 Å². The van der Waals surface area contributed by atoms with Gasteiger partial charge in [0.2, 0.25) is 0 Å². The molecule has 0 spiro atoms. The van der Waals surface area contributed by atoms with Gasteiger partial charge in [-0.25, -0.2) is 0 Å². The minimum Gasteiger partial charge on any atom is -0.345 e. The van der Waals surface area contributed by atoms with Gasteiger partial charge in [-0.05, 0) is 47.9 Å². The molecule has 100 valence electrons. The quantitative estimate of drug-likeness (QED) is 0.904. The third kappa shape index (κ3) is 2.38. The van der Waals surface area contributed by atoms with E-state index in [1.54, 1.807) is 11.3 Å². The number of nitrogens with two attached hydrogens (primary N) is 1. The smallest absolute Gasteiger partial charge is 0.251 e. The summed E-state index contributed by atoms with van der Waals surface area (Å²) in [5.41, 5.74) is 6.40. The number of carbonyl (C=O) groups excluding carboxylic acids is 1. The fraction of sp³-hybridized carbons (Fsp3) is 0.400. The van der Waals surface area contributed by atoms with E-state index in [0.29, 0.717) is 6.54 Å². The van der Waals surface area contributed by atoms with Crippen LogP contribution in [0.4, 0.5) is 0 Å². The Morgan fingerprint density at radius 1 is 1.32 bits per heavy atom. The van der Waals surface area contributed by atoms with Gasteiger partial charge < -0.3 is 11.1 Å². The molecule has 3 nitrogen and oxygen atoms in total. The van der Waals surface area contributed by atoms with Gasteiger partial charge in [0.15, 0.2) is 0 Å². The Morgan fingerprint density at radius 3 is 2.84 bits per heavy atom. The molecule has 2 aromatic rings. The average molecular weight is 274 g/mol. The molecule has 3 rings (SSSR count). The van der Waals surface area contributed by atoms with Gasteiger partial charge in [0, 0.05) is 16.8 Å². The number of benzene rings is 1. The number of hydrogen-bond acceptors (Lipinski definition) is 3. The molecule has 1 aliphatic rings. The normalized spacial score (nSPS) is 17.7. The number of amides is 1. The van der Waals surface area contributed by atoms with Crippen LogP contribution in [0.2, 0.25) is 0 Å². The number of nitrogens with one attached hydrogen (secondary N) is 1. The topological polar surface area (TPSA) is 55.1 Å². The SMILES string of the molecule is NCC1(NC(=O)c2ccc3sccc3c2)CCCC1. The van der Waals surface area contributed by atoms with Crippen LogP contribution in [0.3, 0.4) is 0 Å². The third-order valence-corrected chi connectivity index (χ3v) is 4.94. The summed E-state index contributed by atoms with van der Waals surface area (Å²) >= 11 is 1.69. The zero-order valence-corrected chi connectivity index (χ0v) is 11.6. The highest BCUT2D eigenvalue weighted by Gasteiger charge is 2.34. The summed E-state index contributed by atoms with van der Waals surface area (Å²) in [4.78, 5) is 12.4. The van der Waals surface area contributed by atoms with Crippen molar-refractivity contribution in [3.05, 3.63) is 35.2 Å². The van der Waals surface area contributed by atoms with Gasteiger partial charge in [-0.3, -0.25) is 4.79 Å². The van der Waals surface area contributed by atoms with Gasteiger partial charge in [-0.1, -0.05) is 12.8 Å². The highest BCUT2D eigenvalue weighted by atomic mass is 32.1. The highest BCUT2D eigenvalue weighted by Crippen LogP contribution is 2.29. The van der Waals surface area contributed by atoms with E-state index < -0.39 is 0 Å². The maximum Gasteiger partial charge on any atom is 0.251 e. The Hall–Kier alpha value is -1.39. The lowest BCUT2D eigenvalue weighted by Crippen LogP contribution is -2.51. The lowest BCUT2D eigenvalue weighted by Gasteiger charge is -2.28. The molecule has 0 radical (unpaired) electrons. The summed E-state index contributed by atoms with van der Waals surface area (Å²) in [6.45, 7) is 0.527. The molecule has 1 aromatic heterocycles. The number of fused-ring (bicyclic) bond motifs is 1. The Balaban J connectivity index is 1.82. The van der Waals surface area contributed by atoms with E-state index in [-0.39, 0.29) is 11.4 Å². The molecule has 3 N–H and O–H groups in total. The lowest BCUT2D eigenvalue weighted by molar-refractivity contribution is 0.0903. The number of thiophene rings is 1. The molecule has 0 saturated heterocycles. The Morgan fingerprint density at radius 2 is 2.11 bits per heavy atom. The first-order chi connectivity index (χ1) is 9.22. The molecular weight excluding hydrogens is 256 g/mol. The van der Waals surface area contributed by atoms with Crippen molar-refractivity contribution in [3.63, 3.8) is 0 Å². The van der Waals surface area contributed by atoms with E-state index in [1.165, 1.54) is 4.70 Å². The Kier molecular flexibility index (Phi) is 3.29. The summed E-state index contributed by atoms with van der Waals surface area (Å²) in [5.74, 6) is 0.000417. The maximum absolute atomic E-state index is 12.4. The fourth-order valence-corrected chi connectivity index (χ4v) is 3.62. The van der Waals surface area contributed by atoms with Crippen LogP contribution >= 0.6 is 11.3 Å². The minimum absolute atomic E-state index is 0.000417. The molecule has 1 amide bonds. The average Bonchev–Trinajstić information content (AvgIpc) is 3.06. The molecule has 1 heterocycles. The van der Waals surface area contributed by atoms with Crippen LogP contribution in [0.5, 0.6) is 0 Å². The zero-order chi connectivity index (χ0) is 13.3. The molecule has 1 aromatic carbocycles. The van der Waals surface area contributed by atoms with Crippen LogP contribution in [0.25, 0.3) is 10.1 Å². The lowest BCUT2D eigenvalue weighted by atomic mass is 9.97. The van der Waals surface area contributed by atoms with Crippen LogP contribution in [0.15, 0.2) is 29.6 Å². The number of carbonyl (C=O) groups is 1. The van der Waals surface area contributed by atoms with Crippen molar-refractivity contribution < 1.29 is 4.79 Å². The van der Waals surface area contributed by atoms with Gasteiger partial charge in [0.05, 0.1) is 5.54 Å². The Labute approximate surface area is 116 Å².